The molecule has 0 saturated heterocycles. The van der Waals surface area contributed by atoms with Gasteiger partial charge in [-0.3, -0.25) is 9.59 Å². The average Bonchev–Trinajstić information content (AvgIpc) is 3.49. The molecular weight excluding hydrogens is 530 g/mol. The zero-order valence-electron chi connectivity index (χ0n) is 26.2. The molecule has 1 aliphatic carbocycles. The highest BCUT2D eigenvalue weighted by Crippen LogP contribution is 2.28. The molecule has 0 aromatic heterocycles. The van der Waals surface area contributed by atoms with Crippen LogP contribution in [0.25, 0.3) is 0 Å². The summed E-state index contributed by atoms with van der Waals surface area (Å²) in [6.45, 7) is 11.4. The summed E-state index contributed by atoms with van der Waals surface area (Å²) in [7, 11) is 1.58. The van der Waals surface area contributed by atoms with Crippen LogP contribution in [-0.2, 0) is 20.7 Å². The number of anilines is 1. The molecular formula is C34H49N3O5. The van der Waals surface area contributed by atoms with Crippen molar-refractivity contribution in [2.45, 2.75) is 91.3 Å². The number of hydrogen-bond acceptors (Lipinski definition) is 5. The maximum atomic E-state index is 13.7. The van der Waals surface area contributed by atoms with Crippen LogP contribution in [0, 0.1) is 11.8 Å². The molecule has 1 saturated carbocycles. The fourth-order valence-electron chi connectivity index (χ4n) is 4.92. The molecule has 0 spiro atoms. The summed E-state index contributed by atoms with van der Waals surface area (Å²) in [4.78, 5) is 39.0. The Balaban J connectivity index is 0.00000301. The van der Waals surface area contributed by atoms with Crippen LogP contribution in [0.15, 0.2) is 66.7 Å². The topological polar surface area (TPSA) is 106 Å². The Morgan fingerprint density at radius 2 is 1.57 bits per heavy atom. The minimum atomic E-state index is -0.717. The summed E-state index contributed by atoms with van der Waals surface area (Å²) in [6, 6.07) is 15.9. The van der Waals surface area contributed by atoms with Gasteiger partial charge in [-0.2, -0.15) is 0 Å². The summed E-state index contributed by atoms with van der Waals surface area (Å²) >= 11 is 0. The Kier molecular flexibility index (Phi) is 14.1. The standard InChI is InChI=1S/C32H43N3O5.C2H6/c1-22(21-23-11-7-6-8-12-23)27(19-20-28(36)33-25-15-17-26(39-5)18-16-25)34-30(37)29(24-13-9-10-14-24)35-31(38)40-32(2,3)4;1-2/h6-8,11-12,15-20,22,24,27,29H,9-10,13-14,21H2,1-5H3,(H,33,36)(H,34,37)(H,35,38);1-2H3/b20-19+;/t22?,27-,29?;/m1./s1. The minimum Gasteiger partial charge on any atom is -0.497 e. The molecule has 0 radical (unpaired) electrons. The minimum absolute atomic E-state index is 0.0258. The predicted molar refractivity (Wildman–Crippen MR) is 168 cm³/mol. The molecule has 2 aromatic carbocycles. The van der Waals surface area contributed by atoms with Gasteiger partial charge < -0.3 is 25.4 Å². The number of carbonyl (C=O) groups excluding carboxylic acids is 3. The molecule has 3 atom stereocenters. The fourth-order valence-corrected chi connectivity index (χ4v) is 4.92. The number of hydrogen-bond donors (Lipinski definition) is 3. The molecule has 0 heterocycles. The average molecular weight is 580 g/mol. The first-order valence-corrected chi connectivity index (χ1v) is 15.0. The maximum absolute atomic E-state index is 13.7. The van der Waals surface area contributed by atoms with E-state index >= 15 is 0 Å². The van der Waals surface area contributed by atoms with E-state index in [-0.39, 0.29) is 23.7 Å². The highest BCUT2D eigenvalue weighted by atomic mass is 16.6. The molecule has 1 fully saturated rings. The maximum Gasteiger partial charge on any atom is 0.408 e. The molecule has 3 rings (SSSR count). The van der Waals surface area contributed by atoms with Gasteiger partial charge in [-0.15, -0.1) is 0 Å². The van der Waals surface area contributed by atoms with Gasteiger partial charge in [0.2, 0.25) is 11.8 Å². The van der Waals surface area contributed by atoms with Gasteiger partial charge in [-0.25, -0.2) is 4.79 Å². The molecule has 8 nitrogen and oxygen atoms in total. The van der Waals surface area contributed by atoms with Gasteiger partial charge in [0.05, 0.1) is 13.2 Å². The second kappa shape index (κ2) is 17.2. The summed E-state index contributed by atoms with van der Waals surface area (Å²) in [5.74, 6) is 0.114. The highest BCUT2D eigenvalue weighted by molar-refractivity contribution is 5.99. The van der Waals surface area contributed by atoms with E-state index in [0.717, 1.165) is 31.2 Å². The van der Waals surface area contributed by atoms with Crippen LogP contribution in [0.4, 0.5) is 10.5 Å². The van der Waals surface area contributed by atoms with E-state index in [2.05, 4.69) is 16.0 Å². The number of ether oxygens (including phenoxy) is 2. The third-order valence-electron chi connectivity index (χ3n) is 6.96. The van der Waals surface area contributed by atoms with Crippen LogP contribution in [0.2, 0.25) is 0 Å². The number of carbonyl (C=O) groups is 3. The zero-order valence-corrected chi connectivity index (χ0v) is 26.2. The largest absolute Gasteiger partial charge is 0.497 e. The van der Waals surface area contributed by atoms with Crippen LogP contribution >= 0.6 is 0 Å². The lowest BCUT2D eigenvalue weighted by Crippen LogP contribution is -2.54. The third kappa shape index (κ3) is 12.0. The number of amides is 3. The first-order valence-electron chi connectivity index (χ1n) is 15.0. The Morgan fingerprint density at radius 1 is 0.952 bits per heavy atom. The van der Waals surface area contributed by atoms with Crippen LogP contribution in [0.5, 0.6) is 5.75 Å². The number of alkyl carbamates (subject to hydrolysis) is 1. The molecule has 2 aromatic rings. The van der Waals surface area contributed by atoms with Crippen LogP contribution in [0.1, 0.15) is 72.8 Å². The number of nitrogens with one attached hydrogen (secondary N) is 3. The van der Waals surface area contributed by atoms with E-state index in [1.807, 2.05) is 51.1 Å². The quantitative estimate of drug-likeness (QED) is 0.258. The van der Waals surface area contributed by atoms with Crippen molar-refractivity contribution in [1.29, 1.82) is 0 Å². The molecule has 2 unspecified atom stereocenters. The lowest BCUT2D eigenvalue weighted by atomic mass is 9.92. The normalized spacial score (nSPS) is 15.5. The second-order valence-electron chi connectivity index (χ2n) is 11.4. The van der Waals surface area contributed by atoms with Crippen molar-refractivity contribution in [3.8, 4) is 5.75 Å². The van der Waals surface area contributed by atoms with Crippen LogP contribution in [-0.4, -0.2) is 42.7 Å². The van der Waals surface area contributed by atoms with Crippen molar-refractivity contribution in [1.82, 2.24) is 10.6 Å². The van der Waals surface area contributed by atoms with E-state index in [4.69, 9.17) is 9.47 Å². The third-order valence-corrected chi connectivity index (χ3v) is 6.96. The SMILES string of the molecule is CC.COc1ccc(NC(=O)/C=C/[C@@H](NC(=O)C(NC(=O)OC(C)(C)C)C2CCCC2)C(C)Cc2ccccc2)cc1. The van der Waals surface area contributed by atoms with Crippen molar-refractivity contribution in [3.05, 3.63) is 72.3 Å². The van der Waals surface area contributed by atoms with Gasteiger partial charge in [0.1, 0.15) is 17.4 Å². The van der Waals surface area contributed by atoms with Gasteiger partial charge in [-0.05, 0) is 81.7 Å². The Morgan fingerprint density at radius 3 is 2.14 bits per heavy atom. The molecule has 230 valence electrons. The fraction of sp³-hybridized carbons (Fsp3) is 0.500. The Bertz CT molecular complexity index is 1140. The van der Waals surface area contributed by atoms with E-state index in [0.29, 0.717) is 17.9 Å². The lowest BCUT2D eigenvalue weighted by molar-refractivity contribution is -0.125. The number of benzene rings is 2. The van der Waals surface area contributed by atoms with Crippen LogP contribution in [0.3, 0.4) is 0 Å². The first kappa shape index (κ1) is 34.4. The van der Waals surface area contributed by atoms with Crippen LogP contribution < -0.4 is 20.7 Å². The second-order valence-corrected chi connectivity index (χ2v) is 11.4. The summed E-state index contributed by atoms with van der Waals surface area (Å²) in [5.41, 5.74) is 1.09. The number of rotatable bonds is 11. The molecule has 8 heteroatoms. The molecule has 3 amide bonds. The Hall–Kier alpha value is -3.81. The predicted octanol–water partition coefficient (Wildman–Crippen LogP) is 6.66. The highest BCUT2D eigenvalue weighted by Gasteiger charge is 2.34. The van der Waals surface area contributed by atoms with Gasteiger partial charge in [0.15, 0.2) is 0 Å². The summed E-state index contributed by atoms with van der Waals surface area (Å²) in [5, 5.41) is 8.79. The van der Waals surface area contributed by atoms with Crippen molar-refractivity contribution >= 4 is 23.6 Å². The summed E-state index contributed by atoms with van der Waals surface area (Å²) < 4.78 is 10.6. The molecule has 0 aliphatic heterocycles. The van der Waals surface area contributed by atoms with Gasteiger partial charge in [-0.1, -0.05) is 70.0 Å². The van der Waals surface area contributed by atoms with Gasteiger partial charge in [0.25, 0.3) is 0 Å². The van der Waals surface area contributed by atoms with Crippen molar-refractivity contribution in [2.24, 2.45) is 11.8 Å². The molecule has 3 N–H and O–H groups in total. The van der Waals surface area contributed by atoms with Crippen molar-refractivity contribution < 1.29 is 23.9 Å². The monoisotopic (exact) mass is 579 g/mol. The number of methoxy groups -OCH3 is 1. The van der Waals surface area contributed by atoms with E-state index in [9.17, 15) is 14.4 Å². The van der Waals surface area contributed by atoms with E-state index in [1.54, 1.807) is 58.2 Å². The van der Waals surface area contributed by atoms with E-state index < -0.39 is 23.8 Å². The van der Waals surface area contributed by atoms with Gasteiger partial charge in [0, 0.05) is 11.8 Å². The van der Waals surface area contributed by atoms with Gasteiger partial charge >= 0.3 is 6.09 Å². The van der Waals surface area contributed by atoms with Crippen molar-refractivity contribution in [2.75, 3.05) is 12.4 Å². The zero-order chi connectivity index (χ0) is 31.1. The van der Waals surface area contributed by atoms with E-state index in [1.165, 1.54) is 6.08 Å². The molecule has 0 bridgehead atoms. The molecule has 42 heavy (non-hydrogen) atoms. The first-order chi connectivity index (χ1) is 20.0. The van der Waals surface area contributed by atoms with Crippen molar-refractivity contribution in [3.63, 3.8) is 0 Å². The lowest BCUT2D eigenvalue weighted by Gasteiger charge is -2.29. The molecule has 1 aliphatic rings. The smallest absolute Gasteiger partial charge is 0.408 e. The summed E-state index contributed by atoms with van der Waals surface area (Å²) in [6.07, 6.45) is 7.02. The Labute approximate surface area is 251 Å².